The minimum atomic E-state index is -4.41. The molecule has 2 aromatic rings. The number of amides is 1. The number of hydrogen-bond donors (Lipinski definition) is 1. The predicted molar refractivity (Wildman–Crippen MR) is 89.1 cm³/mol. The maximum Gasteiger partial charge on any atom is 0.416 e. The second-order valence-electron chi connectivity index (χ2n) is 4.97. The largest absolute Gasteiger partial charge is 0.416 e. The lowest BCUT2D eigenvalue weighted by Crippen LogP contribution is -2.34. The molecule has 1 N–H and O–H groups in total. The third-order valence-corrected chi connectivity index (χ3v) is 5.57. The van der Waals surface area contributed by atoms with Crippen LogP contribution < -0.4 is 5.32 Å². The maximum atomic E-state index is 13.0. The van der Waals surface area contributed by atoms with Gasteiger partial charge in [-0.15, -0.1) is 11.3 Å². The van der Waals surface area contributed by atoms with Gasteiger partial charge in [0.15, 0.2) is 0 Å². The summed E-state index contributed by atoms with van der Waals surface area (Å²) in [6.45, 7) is 1.66. The predicted octanol–water partition coefficient (Wildman–Crippen LogP) is 5.54. The number of carbonyl (C=O) groups is 1. The van der Waals surface area contributed by atoms with E-state index >= 15 is 0 Å². The molecule has 0 saturated heterocycles. The monoisotopic (exact) mass is 425 g/mol. The molecule has 0 aliphatic heterocycles. The molecule has 0 fully saturated rings. The van der Waals surface area contributed by atoms with Crippen molar-refractivity contribution in [1.82, 2.24) is 5.32 Å². The van der Waals surface area contributed by atoms with Gasteiger partial charge in [-0.25, -0.2) is 0 Å². The van der Waals surface area contributed by atoms with Crippen LogP contribution in [0.4, 0.5) is 13.2 Å². The van der Waals surface area contributed by atoms with Crippen molar-refractivity contribution >= 4 is 44.8 Å². The molecule has 1 amide bonds. The molecule has 1 heterocycles. The lowest BCUT2D eigenvalue weighted by Gasteiger charge is -2.17. The fourth-order valence-corrected chi connectivity index (χ4v) is 3.71. The summed E-state index contributed by atoms with van der Waals surface area (Å²) in [6.07, 6.45) is -4.33. The molecule has 0 saturated carbocycles. The van der Waals surface area contributed by atoms with Crippen LogP contribution in [-0.4, -0.2) is 11.9 Å². The first-order valence-corrected chi connectivity index (χ1v) is 8.58. The van der Waals surface area contributed by atoms with Crippen molar-refractivity contribution < 1.29 is 18.0 Å². The third-order valence-electron chi connectivity index (χ3n) is 3.10. The van der Waals surface area contributed by atoms with E-state index in [1.807, 2.05) is 0 Å². The highest BCUT2D eigenvalue weighted by Gasteiger charge is 2.33. The second-order valence-corrected chi connectivity index (χ2v) is 7.47. The van der Waals surface area contributed by atoms with Crippen molar-refractivity contribution in [2.45, 2.75) is 25.6 Å². The highest BCUT2D eigenvalue weighted by Crippen LogP contribution is 2.33. The normalized spacial score (nSPS) is 13.0. The molecule has 2 nitrogen and oxygen atoms in total. The summed E-state index contributed by atoms with van der Waals surface area (Å²) in [5.74, 6) is -0.361. The van der Waals surface area contributed by atoms with Crippen LogP contribution in [0.15, 0.2) is 34.8 Å². The summed E-state index contributed by atoms with van der Waals surface area (Å²) in [5, 5.41) is 2.69. The summed E-state index contributed by atoms with van der Waals surface area (Å²) in [6, 6.07) is 6.49. The summed E-state index contributed by atoms with van der Waals surface area (Å²) in [4.78, 5) is 12.5. The molecule has 124 valence electrons. The summed E-state index contributed by atoms with van der Waals surface area (Å²) < 4.78 is 40.0. The Kier molecular flexibility index (Phi) is 5.75. The average Bonchev–Trinajstić information content (AvgIpc) is 2.78. The van der Waals surface area contributed by atoms with Gasteiger partial charge in [0.2, 0.25) is 0 Å². The Hall–Kier alpha value is -1.05. The zero-order valence-electron chi connectivity index (χ0n) is 11.9. The SMILES string of the molecule is CC(Cc1ccccc1C(F)(F)F)NC(=O)c1cc(Br)c(Cl)s1. The van der Waals surface area contributed by atoms with Crippen molar-refractivity contribution in [2.75, 3.05) is 0 Å². The number of alkyl halides is 3. The van der Waals surface area contributed by atoms with Gasteiger partial charge in [0.05, 0.1) is 10.4 Å². The molecule has 1 unspecified atom stereocenters. The van der Waals surface area contributed by atoms with Gasteiger partial charge in [-0.3, -0.25) is 4.79 Å². The van der Waals surface area contributed by atoms with E-state index in [4.69, 9.17) is 11.6 Å². The first-order valence-electron chi connectivity index (χ1n) is 6.59. The lowest BCUT2D eigenvalue weighted by molar-refractivity contribution is -0.138. The van der Waals surface area contributed by atoms with Gasteiger partial charge in [0, 0.05) is 10.5 Å². The molecule has 1 aromatic carbocycles. The fourth-order valence-electron chi connectivity index (χ4n) is 2.11. The van der Waals surface area contributed by atoms with E-state index in [0.717, 1.165) is 17.4 Å². The van der Waals surface area contributed by atoms with Crippen molar-refractivity contribution in [1.29, 1.82) is 0 Å². The Morgan fingerprint density at radius 2 is 2.04 bits per heavy atom. The van der Waals surface area contributed by atoms with E-state index in [1.165, 1.54) is 12.1 Å². The van der Waals surface area contributed by atoms with Crippen molar-refractivity contribution in [3.63, 3.8) is 0 Å². The van der Waals surface area contributed by atoms with Crippen molar-refractivity contribution in [3.8, 4) is 0 Å². The molecule has 0 aliphatic carbocycles. The van der Waals surface area contributed by atoms with Gasteiger partial charge in [0.25, 0.3) is 5.91 Å². The molecular weight excluding hydrogens is 415 g/mol. The topological polar surface area (TPSA) is 29.1 Å². The van der Waals surface area contributed by atoms with E-state index in [1.54, 1.807) is 19.1 Å². The standard InChI is InChI=1S/C15H12BrClF3NOS/c1-8(21-14(22)12-7-11(16)13(17)23-12)6-9-4-2-3-5-10(9)15(18,19)20/h2-5,7-8H,6H2,1H3,(H,21,22). The molecule has 0 aliphatic rings. The number of halogens is 5. The van der Waals surface area contributed by atoms with Gasteiger partial charge < -0.3 is 5.32 Å². The maximum absolute atomic E-state index is 13.0. The molecule has 0 bridgehead atoms. The first-order chi connectivity index (χ1) is 10.7. The molecule has 1 atom stereocenters. The van der Waals surface area contributed by atoms with Crippen LogP contribution in [0.25, 0.3) is 0 Å². The summed E-state index contributed by atoms with van der Waals surface area (Å²) >= 11 is 10.2. The van der Waals surface area contributed by atoms with Gasteiger partial charge in [-0.2, -0.15) is 13.2 Å². The van der Waals surface area contributed by atoms with Crippen LogP contribution in [-0.2, 0) is 12.6 Å². The second kappa shape index (κ2) is 7.23. The summed E-state index contributed by atoms with van der Waals surface area (Å²) in [7, 11) is 0. The Morgan fingerprint density at radius 3 is 2.61 bits per heavy atom. The van der Waals surface area contributed by atoms with Crippen LogP contribution in [0.3, 0.4) is 0 Å². The molecule has 0 radical (unpaired) electrons. The fraction of sp³-hybridized carbons (Fsp3) is 0.267. The first kappa shape index (κ1) is 18.3. The van der Waals surface area contributed by atoms with Crippen molar-refractivity contribution in [3.05, 3.63) is 55.1 Å². The number of benzene rings is 1. The van der Waals surface area contributed by atoms with Crippen LogP contribution in [0, 0.1) is 0 Å². The molecular formula is C15H12BrClF3NOS. The number of nitrogens with one attached hydrogen (secondary N) is 1. The quantitative estimate of drug-likeness (QED) is 0.683. The highest BCUT2D eigenvalue weighted by atomic mass is 79.9. The Morgan fingerprint density at radius 1 is 1.39 bits per heavy atom. The van der Waals surface area contributed by atoms with E-state index in [2.05, 4.69) is 21.2 Å². The van der Waals surface area contributed by atoms with Gasteiger partial charge in [0.1, 0.15) is 4.34 Å². The number of thiophene rings is 1. The summed E-state index contributed by atoms with van der Waals surface area (Å²) in [5.41, 5.74) is -0.527. The lowest BCUT2D eigenvalue weighted by atomic mass is 10.0. The van der Waals surface area contributed by atoms with E-state index in [9.17, 15) is 18.0 Å². The minimum Gasteiger partial charge on any atom is -0.349 e. The van der Waals surface area contributed by atoms with E-state index in [-0.39, 0.29) is 17.9 Å². The van der Waals surface area contributed by atoms with Crippen LogP contribution in [0.1, 0.15) is 27.7 Å². The molecule has 8 heteroatoms. The van der Waals surface area contributed by atoms with E-state index < -0.39 is 17.8 Å². The Balaban J connectivity index is 2.08. The van der Waals surface area contributed by atoms with Crippen LogP contribution in [0.2, 0.25) is 4.34 Å². The number of rotatable bonds is 4. The average molecular weight is 427 g/mol. The zero-order chi connectivity index (χ0) is 17.2. The minimum absolute atomic E-state index is 0.0850. The molecule has 2 rings (SSSR count). The number of carbonyl (C=O) groups excluding carboxylic acids is 1. The molecule has 1 aromatic heterocycles. The smallest absolute Gasteiger partial charge is 0.349 e. The van der Waals surface area contributed by atoms with Crippen LogP contribution in [0.5, 0.6) is 0 Å². The Labute approximate surface area is 148 Å². The third kappa shape index (κ3) is 4.71. The molecule has 23 heavy (non-hydrogen) atoms. The van der Waals surface area contributed by atoms with Crippen molar-refractivity contribution in [2.24, 2.45) is 0 Å². The molecule has 0 spiro atoms. The van der Waals surface area contributed by atoms with Crippen LogP contribution >= 0.6 is 38.9 Å². The zero-order valence-corrected chi connectivity index (χ0v) is 15.0. The van der Waals surface area contributed by atoms with Gasteiger partial charge in [-0.1, -0.05) is 29.8 Å². The van der Waals surface area contributed by atoms with E-state index in [0.29, 0.717) is 13.7 Å². The van der Waals surface area contributed by atoms with Gasteiger partial charge in [-0.05, 0) is 47.0 Å². The Bertz CT molecular complexity index is 697. The highest BCUT2D eigenvalue weighted by molar-refractivity contribution is 9.10. The number of hydrogen-bond acceptors (Lipinski definition) is 2. The van der Waals surface area contributed by atoms with Gasteiger partial charge >= 0.3 is 6.18 Å².